The lowest BCUT2D eigenvalue weighted by atomic mass is 10.1. The van der Waals surface area contributed by atoms with Crippen LogP contribution in [0, 0.1) is 23.0 Å². The van der Waals surface area contributed by atoms with Gasteiger partial charge in [0.2, 0.25) is 0 Å². The molecular formula is C14H8F2N2. The molecule has 0 bridgehead atoms. The minimum absolute atomic E-state index is 0.151. The van der Waals surface area contributed by atoms with Gasteiger partial charge in [-0.15, -0.1) is 0 Å². The maximum Gasteiger partial charge on any atom is 0.133 e. The molecular weight excluding hydrogens is 234 g/mol. The largest absolute Gasteiger partial charge is 0.256 e. The number of pyridine rings is 1. The lowest BCUT2D eigenvalue weighted by molar-refractivity contribution is 0.581. The number of benzene rings is 1. The first-order chi connectivity index (χ1) is 8.70. The number of hydrogen-bond donors (Lipinski definition) is 0. The molecule has 0 aliphatic heterocycles. The van der Waals surface area contributed by atoms with Gasteiger partial charge in [0, 0.05) is 17.8 Å². The molecule has 0 spiro atoms. The molecule has 1 aromatic carbocycles. The second-order valence-corrected chi connectivity index (χ2v) is 3.55. The van der Waals surface area contributed by atoms with Gasteiger partial charge in [0.15, 0.2) is 0 Å². The molecule has 2 aromatic rings. The Morgan fingerprint density at radius 1 is 1.22 bits per heavy atom. The second-order valence-electron chi connectivity index (χ2n) is 3.55. The Morgan fingerprint density at radius 3 is 2.67 bits per heavy atom. The zero-order chi connectivity index (χ0) is 13.0. The predicted molar refractivity (Wildman–Crippen MR) is 64.1 cm³/mol. The minimum Gasteiger partial charge on any atom is -0.256 e. The van der Waals surface area contributed by atoms with E-state index in [0.29, 0.717) is 5.69 Å². The molecule has 2 rings (SSSR count). The smallest absolute Gasteiger partial charge is 0.133 e. The van der Waals surface area contributed by atoms with Crippen molar-refractivity contribution in [3.05, 3.63) is 65.5 Å². The summed E-state index contributed by atoms with van der Waals surface area (Å²) in [5.41, 5.74) is 0.823. The van der Waals surface area contributed by atoms with Gasteiger partial charge in [-0.1, -0.05) is 6.07 Å². The molecule has 1 aromatic heterocycles. The quantitative estimate of drug-likeness (QED) is 0.756. The van der Waals surface area contributed by atoms with E-state index < -0.39 is 11.6 Å². The summed E-state index contributed by atoms with van der Waals surface area (Å²) in [7, 11) is 0. The van der Waals surface area contributed by atoms with Gasteiger partial charge in [0.1, 0.15) is 17.7 Å². The summed E-state index contributed by atoms with van der Waals surface area (Å²) in [5, 5.41) is 9.03. The average Bonchev–Trinajstić information content (AvgIpc) is 2.39. The predicted octanol–water partition coefficient (Wildman–Crippen LogP) is 3.42. The SMILES string of the molecule is N#CC(=Cc1ccc(F)cc1F)c1ccccn1. The van der Waals surface area contributed by atoms with Crippen molar-refractivity contribution in [2.75, 3.05) is 0 Å². The Hall–Kier alpha value is -2.54. The van der Waals surface area contributed by atoms with E-state index in [1.165, 1.54) is 12.1 Å². The third-order valence-corrected chi connectivity index (χ3v) is 2.32. The first-order valence-electron chi connectivity index (χ1n) is 5.19. The molecule has 0 amide bonds. The highest BCUT2D eigenvalue weighted by Gasteiger charge is 2.05. The van der Waals surface area contributed by atoms with Crippen molar-refractivity contribution >= 4 is 11.6 Å². The van der Waals surface area contributed by atoms with Crippen molar-refractivity contribution in [1.82, 2.24) is 4.98 Å². The monoisotopic (exact) mass is 242 g/mol. The fraction of sp³-hybridized carbons (Fsp3) is 0. The average molecular weight is 242 g/mol. The normalized spacial score (nSPS) is 11.1. The molecule has 4 heteroatoms. The molecule has 0 aliphatic rings. The van der Waals surface area contributed by atoms with Gasteiger partial charge in [-0.25, -0.2) is 8.78 Å². The Morgan fingerprint density at radius 2 is 2.06 bits per heavy atom. The van der Waals surface area contributed by atoms with E-state index in [1.807, 2.05) is 6.07 Å². The fourth-order valence-electron chi connectivity index (χ4n) is 1.46. The lowest BCUT2D eigenvalue weighted by Crippen LogP contribution is -1.88. The van der Waals surface area contributed by atoms with E-state index >= 15 is 0 Å². The van der Waals surface area contributed by atoms with Crippen molar-refractivity contribution in [3.8, 4) is 6.07 Å². The summed E-state index contributed by atoms with van der Waals surface area (Å²) >= 11 is 0. The van der Waals surface area contributed by atoms with Gasteiger partial charge in [0.05, 0.1) is 11.3 Å². The molecule has 0 saturated heterocycles. The van der Waals surface area contributed by atoms with Crippen LogP contribution in [0.5, 0.6) is 0 Å². The Balaban J connectivity index is 2.45. The van der Waals surface area contributed by atoms with Crippen LogP contribution in [0.2, 0.25) is 0 Å². The number of aromatic nitrogens is 1. The van der Waals surface area contributed by atoms with E-state index in [4.69, 9.17) is 5.26 Å². The van der Waals surface area contributed by atoms with Crippen LogP contribution >= 0.6 is 0 Å². The number of halogens is 2. The molecule has 0 radical (unpaired) electrons. The Kier molecular flexibility index (Phi) is 3.44. The van der Waals surface area contributed by atoms with Crippen molar-refractivity contribution in [3.63, 3.8) is 0 Å². The fourth-order valence-corrected chi connectivity index (χ4v) is 1.46. The summed E-state index contributed by atoms with van der Waals surface area (Å²) in [4.78, 5) is 4.01. The molecule has 0 atom stereocenters. The third-order valence-electron chi connectivity index (χ3n) is 2.32. The topological polar surface area (TPSA) is 36.7 Å². The van der Waals surface area contributed by atoms with Crippen molar-refractivity contribution in [2.24, 2.45) is 0 Å². The number of nitrogens with zero attached hydrogens (tertiary/aromatic N) is 2. The van der Waals surface area contributed by atoms with Gasteiger partial charge in [0.25, 0.3) is 0 Å². The van der Waals surface area contributed by atoms with Crippen LogP contribution in [0.25, 0.3) is 11.6 Å². The van der Waals surface area contributed by atoms with Crippen molar-refractivity contribution in [2.45, 2.75) is 0 Å². The molecule has 0 saturated carbocycles. The zero-order valence-corrected chi connectivity index (χ0v) is 9.27. The van der Waals surface area contributed by atoms with E-state index in [2.05, 4.69) is 4.98 Å². The number of allylic oxidation sites excluding steroid dienone is 1. The maximum absolute atomic E-state index is 13.4. The van der Waals surface area contributed by atoms with Crippen LogP contribution < -0.4 is 0 Å². The second kappa shape index (κ2) is 5.19. The maximum atomic E-state index is 13.4. The van der Waals surface area contributed by atoms with Crippen molar-refractivity contribution in [1.29, 1.82) is 5.26 Å². The van der Waals surface area contributed by atoms with Gasteiger partial charge >= 0.3 is 0 Å². The van der Waals surface area contributed by atoms with Gasteiger partial charge in [-0.3, -0.25) is 4.98 Å². The summed E-state index contributed by atoms with van der Waals surface area (Å²) in [6.45, 7) is 0. The lowest BCUT2D eigenvalue weighted by Gasteiger charge is -2.00. The van der Waals surface area contributed by atoms with Gasteiger partial charge < -0.3 is 0 Å². The number of rotatable bonds is 2. The molecule has 2 nitrogen and oxygen atoms in total. The Labute approximate surface area is 103 Å². The van der Waals surface area contributed by atoms with Gasteiger partial charge in [-0.05, 0) is 30.3 Å². The minimum atomic E-state index is -0.710. The standard InChI is InChI=1S/C14H8F2N2/c15-12-5-4-10(13(16)8-12)7-11(9-17)14-3-1-2-6-18-14/h1-8H. The van der Waals surface area contributed by atoms with Gasteiger partial charge in [-0.2, -0.15) is 5.26 Å². The summed E-state index contributed by atoms with van der Waals surface area (Å²) in [6, 6.07) is 10.2. The van der Waals surface area contributed by atoms with E-state index in [-0.39, 0.29) is 11.1 Å². The van der Waals surface area contributed by atoms with Crippen LogP contribution in [0.4, 0.5) is 8.78 Å². The van der Waals surface area contributed by atoms with Crippen molar-refractivity contribution < 1.29 is 8.78 Å². The molecule has 0 unspecified atom stereocenters. The number of hydrogen-bond acceptors (Lipinski definition) is 2. The third kappa shape index (κ3) is 2.58. The highest BCUT2D eigenvalue weighted by molar-refractivity contribution is 5.88. The first-order valence-corrected chi connectivity index (χ1v) is 5.19. The van der Waals surface area contributed by atoms with Crippen LogP contribution in [0.15, 0.2) is 42.6 Å². The molecule has 18 heavy (non-hydrogen) atoms. The summed E-state index contributed by atoms with van der Waals surface area (Å²) < 4.78 is 26.2. The highest BCUT2D eigenvalue weighted by Crippen LogP contribution is 2.18. The zero-order valence-electron chi connectivity index (χ0n) is 9.27. The molecule has 0 fully saturated rings. The van der Waals surface area contributed by atoms with E-state index in [9.17, 15) is 8.78 Å². The van der Waals surface area contributed by atoms with Crippen LogP contribution in [-0.2, 0) is 0 Å². The highest BCUT2D eigenvalue weighted by atomic mass is 19.1. The molecule has 0 aliphatic carbocycles. The summed E-state index contributed by atoms with van der Waals surface area (Å²) in [5.74, 6) is -1.36. The van der Waals surface area contributed by atoms with Crippen LogP contribution in [-0.4, -0.2) is 4.98 Å². The first kappa shape index (κ1) is 11.9. The Bertz CT molecular complexity index is 628. The molecule has 88 valence electrons. The van der Waals surface area contributed by atoms with E-state index in [1.54, 1.807) is 24.4 Å². The molecule has 1 heterocycles. The van der Waals surface area contributed by atoms with E-state index in [0.717, 1.165) is 12.1 Å². The number of nitriles is 1. The van der Waals surface area contributed by atoms with Crippen LogP contribution in [0.3, 0.4) is 0 Å². The summed E-state index contributed by atoms with van der Waals surface area (Å²) in [6.07, 6.45) is 2.89. The van der Waals surface area contributed by atoms with Crippen LogP contribution in [0.1, 0.15) is 11.3 Å². The molecule has 0 N–H and O–H groups in total.